The first-order chi connectivity index (χ1) is 9.19. The van der Waals surface area contributed by atoms with E-state index in [2.05, 4.69) is 56.4 Å². The molecule has 0 aliphatic heterocycles. The van der Waals surface area contributed by atoms with E-state index < -0.39 is 0 Å². The monoisotopic (exact) mass is 339 g/mol. The fourth-order valence-electron chi connectivity index (χ4n) is 1.91. The lowest BCUT2D eigenvalue weighted by molar-refractivity contribution is 0.315. The van der Waals surface area contributed by atoms with Gasteiger partial charge < -0.3 is 5.73 Å². The van der Waals surface area contributed by atoms with Gasteiger partial charge >= 0.3 is 0 Å². The Morgan fingerprint density at radius 3 is 2.84 bits per heavy atom. The van der Waals surface area contributed by atoms with Crippen molar-refractivity contribution < 1.29 is 0 Å². The van der Waals surface area contributed by atoms with E-state index in [1.165, 1.54) is 5.56 Å². The van der Waals surface area contributed by atoms with Gasteiger partial charge in [-0.05, 0) is 25.2 Å². The maximum absolute atomic E-state index is 5.54. The number of nitrogens with two attached hydrogens (primary N) is 1. The van der Waals surface area contributed by atoms with Gasteiger partial charge in [-0.3, -0.25) is 4.90 Å². The van der Waals surface area contributed by atoms with Crippen molar-refractivity contribution in [2.24, 2.45) is 5.73 Å². The number of nitrogens with zero attached hydrogens (tertiary/aromatic N) is 2. The molecule has 2 rings (SSSR count). The fourth-order valence-corrected chi connectivity index (χ4v) is 3.12. The lowest BCUT2D eigenvalue weighted by atomic mass is 10.2. The molecule has 19 heavy (non-hydrogen) atoms. The van der Waals surface area contributed by atoms with Gasteiger partial charge in [0.15, 0.2) is 0 Å². The maximum Gasteiger partial charge on any atom is 0.0941 e. The van der Waals surface area contributed by atoms with Crippen molar-refractivity contribution in [3.63, 3.8) is 0 Å². The van der Waals surface area contributed by atoms with Crippen LogP contribution >= 0.6 is 27.3 Å². The van der Waals surface area contributed by atoms with Crippen LogP contribution in [-0.4, -0.2) is 23.5 Å². The minimum Gasteiger partial charge on any atom is -0.330 e. The number of hydrogen-bond acceptors (Lipinski definition) is 4. The van der Waals surface area contributed by atoms with E-state index in [1.54, 1.807) is 11.3 Å². The molecule has 0 aliphatic carbocycles. The van der Waals surface area contributed by atoms with Crippen LogP contribution in [0.3, 0.4) is 0 Å². The number of rotatable bonds is 6. The van der Waals surface area contributed by atoms with E-state index >= 15 is 0 Å². The van der Waals surface area contributed by atoms with Gasteiger partial charge in [-0.1, -0.05) is 34.1 Å². The van der Waals surface area contributed by atoms with E-state index in [-0.39, 0.29) is 0 Å². The van der Waals surface area contributed by atoms with Crippen molar-refractivity contribution in [3.05, 3.63) is 50.4 Å². The molecule has 0 saturated carbocycles. The van der Waals surface area contributed by atoms with Crippen molar-refractivity contribution >= 4 is 27.3 Å². The molecular weight excluding hydrogens is 322 g/mol. The molecule has 0 atom stereocenters. The van der Waals surface area contributed by atoms with Gasteiger partial charge in [0.1, 0.15) is 0 Å². The maximum atomic E-state index is 5.54. The summed E-state index contributed by atoms with van der Waals surface area (Å²) in [6.07, 6.45) is 0.874. The highest BCUT2D eigenvalue weighted by Crippen LogP contribution is 2.18. The second kappa shape index (κ2) is 7.14. The minimum absolute atomic E-state index is 0.666. The molecule has 0 bridgehead atoms. The third kappa shape index (κ3) is 4.38. The lowest BCUT2D eigenvalue weighted by Crippen LogP contribution is -2.17. The molecule has 102 valence electrons. The van der Waals surface area contributed by atoms with Crippen LogP contribution in [0.5, 0.6) is 0 Å². The van der Waals surface area contributed by atoms with Crippen molar-refractivity contribution in [3.8, 4) is 0 Å². The normalized spacial score (nSPS) is 11.2. The van der Waals surface area contributed by atoms with Gasteiger partial charge in [0, 0.05) is 29.4 Å². The second-order valence-corrected chi connectivity index (χ2v) is 6.33. The molecule has 0 spiro atoms. The average molecular weight is 340 g/mol. The third-order valence-corrected chi connectivity index (χ3v) is 4.52. The predicted octanol–water partition coefficient (Wildman–Crippen LogP) is 3.04. The highest BCUT2D eigenvalue weighted by molar-refractivity contribution is 9.10. The summed E-state index contributed by atoms with van der Waals surface area (Å²) in [5.74, 6) is 0. The Kier molecular flexibility index (Phi) is 5.51. The van der Waals surface area contributed by atoms with Crippen LogP contribution in [0, 0.1) is 0 Å². The molecule has 3 nitrogen and oxygen atoms in total. The van der Waals surface area contributed by atoms with Gasteiger partial charge in [0.25, 0.3) is 0 Å². The number of hydrogen-bond donors (Lipinski definition) is 1. The second-order valence-electron chi connectivity index (χ2n) is 4.53. The molecule has 0 fully saturated rings. The predicted molar refractivity (Wildman–Crippen MR) is 84.2 cm³/mol. The first-order valence-corrected chi connectivity index (χ1v) is 7.91. The summed E-state index contributed by atoms with van der Waals surface area (Å²) in [5.41, 5.74) is 7.96. The molecule has 1 heterocycles. The molecule has 1 aromatic heterocycles. The molecule has 2 aromatic rings. The molecule has 0 unspecified atom stereocenters. The van der Waals surface area contributed by atoms with E-state index in [0.29, 0.717) is 6.54 Å². The Hall–Kier alpha value is -0.750. The molecule has 2 N–H and O–H groups in total. The smallest absolute Gasteiger partial charge is 0.0941 e. The Morgan fingerprint density at radius 2 is 2.11 bits per heavy atom. The van der Waals surface area contributed by atoms with Crippen LogP contribution in [0.25, 0.3) is 0 Å². The van der Waals surface area contributed by atoms with Crippen LogP contribution in [0.2, 0.25) is 0 Å². The molecule has 0 radical (unpaired) electrons. The zero-order valence-electron chi connectivity index (χ0n) is 11.0. The summed E-state index contributed by atoms with van der Waals surface area (Å²) in [4.78, 5) is 6.85. The number of aromatic nitrogens is 1. The van der Waals surface area contributed by atoms with Crippen LogP contribution < -0.4 is 5.73 Å². The van der Waals surface area contributed by atoms with Gasteiger partial charge in [-0.25, -0.2) is 4.98 Å². The SMILES string of the molecule is CN(Cc1csc(CCN)n1)Cc1ccccc1Br. The first kappa shape index (κ1) is 14.7. The highest BCUT2D eigenvalue weighted by atomic mass is 79.9. The van der Waals surface area contributed by atoms with Crippen molar-refractivity contribution in [2.45, 2.75) is 19.5 Å². The van der Waals surface area contributed by atoms with Crippen molar-refractivity contribution in [2.75, 3.05) is 13.6 Å². The quantitative estimate of drug-likeness (QED) is 0.879. The topological polar surface area (TPSA) is 42.1 Å². The first-order valence-electron chi connectivity index (χ1n) is 6.24. The van der Waals surface area contributed by atoms with Crippen LogP contribution in [0.1, 0.15) is 16.3 Å². The molecule has 1 aromatic carbocycles. The molecule has 0 aliphatic rings. The van der Waals surface area contributed by atoms with E-state index in [1.807, 2.05) is 6.07 Å². The largest absolute Gasteiger partial charge is 0.330 e. The molecule has 5 heteroatoms. The zero-order chi connectivity index (χ0) is 13.7. The number of benzene rings is 1. The summed E-state index contributed by atoms with van der Waals surface area (Å²) in [7, 11) is 2.11. The van der Waals surface area contributed by atoms with Crippen LogP contribution in [-0.2, 0) is 19.5 Å². The van der Waals surface area contributed by atoms with E-state index in [4.69, 9.17) is 5.73 Å². The van der Waals surface area contributed by atoms with Crippen molar-refractivity contribution in [1.82, 2.24) is 9.88 Å². The molecule has 0 saturated heterocycles. The standard InChI is InChI=1S/C14H18BrN3S/c1-18(8-11-4-2-3-5-13(11)15)9-12-10-19-14(17-12)6-7-16/h2-5,10H,6-9,16H2,1H3. The number of thiazole rings is 1. The Labute approximate surface area is 126 Å². The summed E-state index contributed by atoms with van der Waals surface area (Å²) in [6, 6.07) is 8.32. The van der Waals surface area contributed by atoms with Gasteiger partial charge in [-0.2, -0.15) is 0 Å². The minimum atomic E-state index is 0.666. The zero-order valence-corrected chi connectivity index (χ0v) is 13.4. The molecule has 0 amide bonds. The third-order valence-electron chi connectivity index (χ3n) is 2.79. The highest BCUT2D eigenvalue weighted by Gasteiger charge is 2.07. The van der Waals surface area contributed by atoms with Gasteiger partial charge in [0.05, 0.1) is 10.7 Å². The summed E-state index contributed by atoms with van der Waals surface area (Å²) in [5, 5.41) is 3.26. The Morgan fingerprint density at radius 1 is 1.32 bits per heavy atom. The average Bonchev–Trinajstić information content (AvgIpc) is 2.80. The summed E-state index contributed by atoms with van der Waals surface area (Å²) >= 11 is 5.28. The van der Waals surface area contributed by atoms with E-state index in [0.717, 1.165) is 34.7 Å². The summed E-state index contributed by atoms with van der Waals surface area (Å²) < 4.78 is 1.16. The lowest BCUT2D eigenvalue weighted by Gasteiger charge is -2.16. The van der Waals surface area contributed by atoms with Gasteiger partial charge in [0.2, 0.25) is 0 Å². The van der Waals surface area contributed by atoms with Crippen LogP contribution in [0.4, 0.5) is 0 Å². The molecular formula is C14H18BrN3S. The number of halogens is 1. The van der Waals surface area contributed by atoms with Gasteiger partial charge in [-0.15, -0.1) is 11.3 Å². The Bertz CT molecular complexity index is 527. The van der Waals surface area contributed by atoms with Crippen molar-refractivity contribution in [1.29, 1.82) is 0 Å². The van der Waals surface area contributed by atoms with E-state index in [9.17, 15) is 0 Å². The fraction of sp³-hybridized carbons (Fsp3) is 0.357. The summed E-state index contributed by atoms with van der Waals surface area (Å²) in [6.45, 7) is 2.44. The Balaban J connectivity index is 1.93. The van der Waals surface area contributed by atoms with Crippen LogP contribution in [0.15, 0.2) is 34.1 Å².